The Morgan fingerprint density at radius 3 is 2.86 bits per heavy atom. The van der Waals surface area contributed by atoms with Crippen molar-refractivity contribution in [3.05, 3.63) is 42.0 Å². The minimum atomic E-state index is 0.785. The van der Waals surface area contributed by atoms with Crippen LogP contribution in [0.2, 0.25) is 0 Å². The molecule has 0 amide bonds. The zero-order chi connectivity index (χ0) is 10.4. The molecule has 76 valence electrons. The molecule has 0 aromatic heterocycles. The Morgan fingerprint density at radius 2 is 2.21 bits per heavy atom. The number of ether oxygens (including phenoxy) is 1. The second-order valence-electron chi connectivity index (χ2n) is 3.45. The first kappa shape index (κ1) is 10.8. The van der Waals surface area contributed by atoms with Crippen molar-refractivity contribution >= 4 is 0 Å². The first-order chi connectivity index (χ1) is 6.77. The number of rotatable bonds is 5. The fourth-order valence-electron chi connectivity index (χ4n) is 1.38. The molecule has 0 radical (unpaired) electrons. The highest BCUT2D eigenvalue weighted by Crippen LogP contribution is 2.20. The highest BCUT2D eigenvalue weighted by molar-refractivity contribution is 5.38. The highest BCUT2D eigenvalue weighted by atomic mass is 16.5. The van der Waals surface area contributed by atoms with Crippen molar-refractivity contribution in [2.75, 3.05) is 6.61 Å². The van der Waals surface area contributed by atoms with Crippen molar-refractivity contribution in [1.29, 1.82) is 0 Å². The van der Waals surface area contributed by atoms with E-state index in [4.69, 9.17) is 4.74 Å². The van der Waals surface area contributed by atoms with Gasteiger partial charge in [-0.05, 0) is 31.4 Å². The molecule has 0 aliphatic rings. The average molecular weight is 190 g/mol. The summed E-state index contributed by atoms with van der Waals surface area (Å²) < 4.78 is 5.65. The van der Waals surface area contributed by atoms with Crippen LogP contribution in [-0.2, 0) is 6.42 Å². The summed E-state index contributed by atoms with van der Waals surface area (Å²) in [6, 6.07) is 6.29. The molecule has 0 unspecified atom stereocenters. The van der Waals surface area contributed by atoms with E-state index in [0.29, 0.717) is 0 Å². The van der Waals surface area contributed by atoms with Gasteiger partial charge in [0, 0.05) is 0 Å². The van der Waals surface area contributed by atoms with E-state index in [1.807, 2.05) is 12.1 Å². The van der Waals surface area contributed by atoms with Gasteiger partial charge < -0.3 is 4.74 Å². The molecular weight excluding hydrogens is 172 g/mol. The Morgan fingerprint density at radius 1 is 1.43 bits per heavy atom. The molecule has 1 aromatic carbocycles. The third-order valence-electron chi connectivity index (χ3n) is 2.04. The first-order valence-electron chi connectivity index (χ1n) is 5.11. The number of hydrogen-bond donors (Lipinski definition) is 0. The largest absolute Gasteiger partial charge is 0.493 e. The van der Waals surface area contributed by atoms with Crippen molar-refractivity contribution in [1.82, 2.24) is 0 Å². The second kappa shape index (κ2) is 5.48. The zero-order valence-electron chi connectivity index (χ0n) is 9.05. The van der Waals surface area contributed by atoms with Gasteiger partial charge in [0.05, 0.1) is 6.61 Å². The van der Waals surface area contributed by atoms with Gasteiger partial charge in [-0.2, -0.15) is 0 Å². The van der Waals surface area contributed by atoms with Crippen LogP contribution in [0.25, 0.3) is 0 Å². The van der Waals surface area contributed by atoms with Gasteiger partial charge in [-0.25, -0.2) is 0 Å². The van der Waals surface area contributed by atoms with Gasteiger partial charge in [0.15, 0.2) is 0 Å². The maximum Gasteiger partial charge on any atom is 0.122 e. The van der Waals surface area contributed by atoms with E-state index in [1.165, 1.54) is 11.1 Å². The standard InChI is InChI=1S/C13H18O/c1-4-6-12-10-11(3)7-8-13(12)14-9-5-2/h4,7-8,10H,1,5-6,9H2,2-3H3. The topological polar surface area (TPSA) is 9.23 Å². The molecule has 0 aliphatic heterocycles. The lowest BCUT2D eigenvalue weighted by Crippen LogP contribution is -1.98. The second-order valence-corrected chi connectivity index (χ2v) is 3.45. The van der Waals surface area contributed by atoms with Crippen molar-refractivity contribution in [2.24, 2.45) is 0 Å². The SMILES string of the molecule is C=CCc1cc(C)ccc1OCCC. The predicted molar refractivity (Wildman–Crippen MR) is 60.9 cm³/mol. The smallest absolute Gasteiger partial charge is 0.122 e. The summed E-state index contributed by atoms with van der Waals surface area (Å²) >= 11 is 0. The third kappa shape index (κ3) is 2.91. The minimum absolute atomic E-state index is 0.785. The predicted octanol–water partition coefficient (Wildman–Crippen LogP) is 3.51. The van der Waals surface area contributed by atoms with E-state index in [1.54, 1.807) is 0 Å². The minimum Gasteiger partial charge on any atom is -0.493 e. The van der Waals surface area contributed by atoms with Crippen LogP contribution in [-0.4, -0.2) is 6.61 Å². The van der Waals surface area contributed by atoms with Gasteiger partial charge in [-0.15, -0.1) is 6.58 Å². The fourth-order valence-corrected chi connectivity index (χ4v) is 1.38. The summed E-state index contributed by atoms with van der Waals surface area (Å²) in [5.41, 5.74) is 2.50. The van der Waals surface area contributed by atoms with Crippen LogP contribution in [0.3, 0.4) is 0 Å². The molecule has 0 N–H and O–H groups in total. The Balaban J connectivity index is 2.83. The molecule has 0 saturated heterocycles. The lowest BCUT2D eigenvalue weighted by molar-refractivity contribution is 0.314. The highest BCUT2D eigenvalue weighted by Gasteiger charge is 2.01. The van der Waals surface area contributed by atoms with E-state index < -0.39 is 0 Å². The van der Waals surface area contributed by atoms with Gasteiger partial charge >= 0.3 is 0 Å². The molecule has 0 heterocycles. The van der Waals surface area contributed by atoms with E-state index in [9.17, 15) is 0 Å². The van der Waals surface area contributed by atoms with Crippen LogP contribution < -0.4 is 4.74 Å². The van der Waals surface area contributed by atoms with Crippen LogP contribution in [0.5, 0.6) is 5.75 Å². The molecule has 0 atom stereocenters. The molecule has 1 aromatic rings. The van der Waals surface area contributed by atoms with Crippen molar-refractivity contribution < 1.29 is 4.74 Å². The molecule has 0 aliphatic carbocycles. The molecule has 0 fully saturated rings. The lowest BCUT2D eigenvalue weighted by Gasteiger charge is -2.10. The lowest BCUT2D eigenvalue weighted by atomic mass is 10.1. The number of hydrogen-bond acceptors (Lipinski definition) is 1. The molecule has 0 spiro atoms. The van der Waals surface area contributed by atoms with Gasteiger partial charge in [0.2, 0.25) is 0 Å². The third-order valence-corrected chi connectivity index (χ3v) is 2.04. The van der Waals surface area contributed by atoms with Crippen molar-refractivity contribution in [3.8, 4) is 5.75 Å². The monoisotopic (exact) mass is 190 g/mol. The summed E-state index contributed by atoms with van der Waals surface area (Å²) in [7, 11) is 0. The summed E-state index contributed by atoms with van der Waals surface area (Å²) in [5, 5.41) is 0. The van der Waals surface area contributed by atoms with E-state index in [2.05, 4.69) is 32.6 Å². The van der Waals surface area contributed by atoms with E-state index in [-0.39, 0.29) is 0 Å². The van der Waals surface area contributed by atoms with E-state index >= 15 is 0 Å². The molecule has 1 rings (SSSR count). The molecule has 1 nitrogen and oxygen atoms in total. The summed E-state index contributed by atoms with van der Waals surface area (Å²) in [6.45, 7) is 8.74. The van der Waals surface area contributed by atoms with Crippen LogP contribution in [0.1, 0.15) is 24.5 Å². The molecule has 1 heteroatoms. The van der Waals surface area contributed by atoms with Crippen LogP contribution in [0, 0.1) is 6.92 Å². The summed E-state index contributed by atoms with van der Waals surface area (Å²) in [6.07, 6.45) is 3.83. The Labute approximate surface area is 86.4 Å². The Kier molecular flexibility index (Phi) is 4.24. The number of allylic oxidation sites excluding steroid dienone is 1. The van der Waals surface area contributed by atoms with Crippen LogP contribution in [0.15, 0.2) is 30.9 Å². The average Bonchev–Trinajstić information content (AvgIpc) is 2.17. The van der Waals surface area contributed by atoms with Gasteiger partial charge in [-0.1, -0.05) is 30.7 Å². The Bertz CT molecular complexity index is 302. The van der Waals surface area contributed by atoms with Gasteiger partial charge in [0.25, 0.3) is 0 Å². The Hall–Kier alpha value is -1.24. The molecular formula is C13H18O. The maximum atomic E-state index is 5.65. The van der Waals surface area contributed by atoms with Crippen molar-refractivity contribution in [2.45, 2.75) is 26.7 Å². The molecule has 0 bridgehead atoms. The quantitative estimate of drug-likeness (QED) is 0.645. The van der Waals surface area contributed by atoms with E-state index in [0.717, 1.165) is 25.2 Å². The van der Waals surface area contributed by atoms with Crippen LogP contribution in [0.4, 0.5) is 0 Å². The van der Waals surface area contributed by atoms with Crippen molar-refractivity contribution in [3.63, 3.8) is 0 Å². The summed E-state index contributed by atoms with van der Waals surface area (Å²) in [4.78, 5) is 0. The molecule has 14 heavy (non-hydrogen) atoms. The van der Waals surface area contributed by atoms with Crippen LogP contribution >= 0.6 is 0 Å². The zero-order valence-corrected chi connectivity index (χ0v) is 9.05. The van der Waals surface area contributed by atoms with Gasteiger partial charge in [-0.3, -0.25) is 0 Å². The summed E-state index contributed by atoms with van der Waals surface area (Å²) in [5.74, 6) is 0.998. The van der Waals surface area contributed by atoms with Gasteiger partial charge in [0.1, 0.15) is 5.75 Å². The normalized spacial score (nSPS) is 9.86. The fraction of sp³-hybridized carbons (Fsp3) is 0.385. The maximum absolute atomic E-state index is 5.65. The first-order valence-corrected chi connectivity index (χ1v) is 5.11. The molecule has 0 saturated carbocycles. The number of aryl methyl sites for hydroxylation is 1. The number of benzene rings is 1.